The highest BCUT2D eigenvalue weighted by Crippen LogP contribution is 2.50. The molecule has 2 atom stereocenters. The minimum absolute atomic E-state index is 0.295. The highest BCUT2D eigenvalue weighted by Gasteiger charge is 2.41. The van der Waals surface area contributed by atoms with E-state index < -0.39 is 12.1 Å². The Balaban J connectivity index is 1.65. The van der Waals surface area contributed by atoms with Crippen molar-refractivity contribution in [1.29, 1.82) is 0 Å². The van der Waals surface area contributed by atoms with Crippen molar-refractivity contribution in [3.05, 3.63) is 112 Å². The maximum atomic E-state index is 15.1. The lowest BCUT2D eigenvalue weighted by Gasteiger charge is -2.39. The van der Waals surface area contributed by atoms with E-state index in [1.165, 1.54) is 12.4 Å². The highest BCUT2D eigenvalue weighted by molar-refractivity contribution is 9.10. The number of para-hydroxylation sites is 1. The molecule has 0 saturated carbocycles. The Morgan fingerprint density at radius 2 is 1.74 bits per heavy atom. The monoisotopic (exact) mass is 474 g/mol. The second kappa shape index (κ2) is 7.06. The van der Waals surface area contributed by atoms with E-state index in [4.69, 9.17) is 4.74 Å². The topological polar surface area (TPSA) is 52.0 Å². The van der Waals surface area contributed by atoms with Crippen molar-refractivity contribution in [3.63, 3.8) is 0 Å². The molecule has 1 aromatic heterocycles. The summed E-state index contributed by atoms with van der Waals surface area (Å²) in [6, 6.07) is 22.1. The average Bonchev–Trinajstić information content (AvgIpc) is 3.27. The minimum atomic E-state index is -0.503. The van der Waals surface area contributed by atoms with E-state index in [1.807, 2.05) is 54.6 Å². The fourth-order valence-electron chi connectivity index (χ4n) is 4.33. The lowest BCUT2D eigenvalue weighted by atomic mass is 9.84. The van der Waals surface area contributed by atoms with Gasteiger partial charge in [-0.2, -0.15) is 10.1 Å². The van der Waals surface area contributed by atoms with Gasteiger partial charge >= 0.3 is 0 Å². The summed E-state index contributed by atoms with van der Waals surface area (Å²) in [5.74, 6) is 1.04. The molecule has 152 valence electrons. The van der Waals surface area contributed by atoms with Gasteiger partial charge in [0.15, 0.2) is 0 Å². The van der Waals surface area contributed by atoms with Gasteiger partial charge in [-0.05, 0) is 35.9 Å². The summed E-state index contributed by atoms with van der Waals surface area (Å²) >= 11 is 3.50. The van der Waals surface area contributed by atoms with Crippen molar-refractivity contribution in [2.75, 3.05) is 5.32 Å². The fourth-order valence-corrected chi connectivity index (χ4v) is 4.59. The predicted octanol–water partition coefficient (Wildman–Crippen LogP) is 5.74. The summed E-state index contributed by atoms with van der Waals surface area (Å²) in [6.45, 7) is 0. The number of nitrogens with one attached hydrogen (secondary N) is 1. The number of ether oxygens (including phenoxy) is 1. The molecule has 2 aliphatic rings. The van der Waals surface area contributed by atoms with E-state index in [9.17, 15) is 0 Å². The molecular formula is C24H16BrFN4O. The highest BCUT2D eigenvalue weighted by atomic mass is 79.9. The Labute approximate surface area is 186 Å². The number of benzene rings is 3. The molecule has 0 saturated heterocycles. The van der Waals surface area contributed by atoms with Crippen LogP contribution in [0.2, 0.25) is 0 Å². The Kier molecular flexibility index (Phi) is 4.17. The van der Waals surface area contributed by atoms with Crippen molar-refractivity contribution in [2.45, 2.75) is 12.1 Å². The van der Waals surface area contributed by atoms with Crippen molar-refractivity contribution in [3.8, 4) is 5.75 Å². The Hall–Kier alpha value is -3.45. The molecule has 4 aromatic rings. The van der Waals surface area contributed by atoms with Crippen LogP contribution >= 0.6 is 15.9 Å². The quantitative estimate of drug-likeness (QED) is 0.402. The lowest BCUT2D eigenvalue weighted by Crippen LogP contribution is -2.32. The first kappa shape index (κ1) is 18.3. The number of hydrogen-bond donors (Lipinski definition) is 1. The van der Waals surface area contributed by atoms with Gasteiger partial charge in [0.05, 0.1) is 5.70 Å². The summed E-state index contributed by atoms with van der Waals surface area (Å²) in [5.41, 5.74) is 4.18. The van der Waals surface area contributed by atoms with Gasteiger partial charge in [-0.3, -0.25) is 0 Å². The summed E-state index contributed by atoms with van der Waals surface area (Å²) in [6.07, 6.45) is 1.06. The number of anilines is 1. The van der Waals surface area contributed by atoms with Gasteiger partial charge < -0.3 is 10.1 Å². The van der Waals surface area contributed by atoms with Gasteiger partial charge in [-0.25, -0.2) is 9.07 Å². The molecule has 7 heteroatoms. The molecule has 31 heavy (non-hydrogen) atoms. The first-order chi connectivity index (χ1) is 15.2. The predicted molar refractivity (Wildman–Crippen MR) is 119 cm³/mol. The Morgan fingerprint density at radius 3 is 2.58 bits per heavy atom. The zero-order valence-corrected chi connectivity index (χ0v) is 17.8. The number of hydrogen-bond acceptors (Lipinski definition) is 4. The molecule has 0 spiro atoms. The van der Waals surface area contributed by atoms with E-state index in [-0.39, 0.29) is 5.82 Å². The maximum absolute atomic E-state index is 15.1. The zero-order chi connectivity index (χ0) is 20.9. The van der Waals surface area contributed by atoms with Crippen LogP contribution in [0.1, 0.15) is 28.8 Å². The number of nitrogens with zero attached hydrogens (tertiary/aromatic N) is 3. The van der Waals surface area contributed by atoms with Crippen LogP contribution in [0.25, 0.3) is 5.70 Å². The van der Waals surface area contributed by atoms with Crippen LogP contribution in [0.5, 0.6) is 5.75 Å². The molecule has 5 nitrogen and oxygen atoms in total. The van der Waals surface area contributed by atoms with Gasteiger partial charge in [-0.15, -0.1) is 0 Å². The van der Waals surface area contributed by atoms with Gasteiger partial charge in [-0.1, -0.05) is 58.4 Å². The first-order valence-electron chi connectivity index (χ1n) is 9.87. The summed E-state index contributed by atoms with van der Waals surface area (Å²) in [7, 11) is 0. The van der Waals surface area contributed by atoms with Gasteiger partial charge in [0.2, 0.25) is 5.95 Å². The smallest absolute Gasteiger partial charge is 0.226 e. The average molecular weight is 475 g/mol. The Bertz CT molecular complexity index is 1330. The normalized spacial score (nSPS) is 19.0. The number of rotatable bonds is 2. The number of halogens is 2. The standard InChI is InChI=1S/C24H16BrFN4O/c25-15-11-9-14(10-12-15)23-20-21(17-6-2-4-8-19(17)31-23)29-24-27-13-28-30(24)22(20)16-5-1-3-7-18(16)26/h1-13,22-23H,(H,27,28,29)/t22-,23+/m0/s1. The van der Waals surface area contributed by atoms with Gasteiger partial charge in [0.1, 0.15) is 30.0 Å². The summed E-state index contributed by atoms with van der Waals surface area (Å²) in [5, 5.41) is 7.85. The molecule has 1 N–H and O–H groups in total. The molecular weight excluding hydrogens is 459 g/mol. The van der Waals surface area contributed by atoms with Crippen LogP contribution in [0, 0.1) is 5.82 Å². The molecule has 2 aliphatic heterocycles. The number of aromatic nitrogens is 3. The van der Waals surface area contributed by atoms with Crippen molar-refractivity contribution >= 4 is 27.6 Å². The second-order valence-corrected chi connectivity index (χ2v) is 8.37. The first-order valence-corrected chi connectivity index (χ1v) is 10.7. The third-order valence-corrected chi connectivity index (χ3v) is 6.22. The van der Waals surface area contributed by atoms with Crippen molar-refractivity contribution in [2.24, 2.45) is 0 Å². The minimum Gasteiger partial charge on any atom is -0.480 e. The molecule has 0 radical (unpaired) electrons. The van der Waals surface area contributed by atoms with E-state index >= 15 is 4.39 Å². The van der Waals surface area contributed by atoms with Gasteiger partial charge in [0.25, 0.3) is 0 Å². The molecule has 0 aliphatic carbocycles. The van der Waals surface area contributed by atoms with Crippen molar-refractivity contribution < 1.29 is 9.13 Å². The largest absolute Gasteiger partial charge is 0.480 e. The van der Waals surface area contributed by atoms with Gasteiger partial charge in [0, 0.05) is 21.2 Å². The van der Waals surface area contributed by atoms with Crippen LogP contribution in [-0.2, 0) is 0 Å². The molecule has 0 bridgehead atoms. The van der Waals surface area contributed by atoms with Crippen LogP contribution in [0.4, 0.5) is 10.3 Å². The van der Waals surface area contributed by atoms with E-state index in [0.29, 0.717) is 11.5 Å². The summed E-state index contributed by atoms with van der Waals surface area (Å²) < 4.78 is 24.3. The molecule has 0 amide bonds. The number of fused-ring (bicyclic) bond motifs is 3. The molecule has 3 aromatic carbocycles. The molecule has 0 unspecified atom stereocenters. The molecule has 0 fully saturated rings. The van der Waals surface area contributed by atoms with Crippen LogP contribution < -0.4 is 10.1 Å². The van der Waals surface area contributed by atoms with Crippen LogP contribution in [-0.4, -0.2) is 14.8 Å². The maximum Gasteiger partial charge on any atom is 0.226 e. The Morgan fingerprint density at radius 1 is 0.968 bits per heavy atom. The third-order valence-electron chi connectivity index (χ3n) is 5.69. The fraction of sp³-hybridized carbons (Fsp3) is 0.0833. The van der Waals surface area contributed by atoms with E-state index in [0.717, 1.165) is 32.6 Å². The molecule has 3 heterocycles. The zero-order valence-electron chi connectivity index (χ0n) is 16.2. The SMILES string of the molecule is Fc1ccccc1[C@H]1C2=C(Nc3ncnn31)c1ccccc1O[C@@H]2c1ccc(Br)cc1. The molecule has 6 rings (SSSR count). The van der Waals surface area contributed by atoms with E-state index in [1.54, 1.807) is 16.8 Å². The summed E-state index contributed by atoms with van der Waals surface area (Å²) in [4.78, 5) is 4.37. The third kappa shape index (κ3) is 2.88. The lowest BCUT2D eigenvalue weighted by molar-refractivity contribution is 0.222. The van der Waals surface area contributed by atoms with Crippen molar-refractivity contribution in [1.82, 2.24) is 14.8 Å². The van der Waals surface area contributed by atoms with Crippen LogP contribution in [0.3, 0.4) is 0 Å². The van der Waals surface area contributed by atoms with E-state index in [2.05, 4.69) is 31.3 Å². The second-order valence-electron chi connectivity index (χ2n) is 7.45. The van der Waals surface area contributed by atoms with Crippen LogP contribution in [0.15, 0.2) is 89.2 Å².